The van der Waals surface area contributed by atoms with Crippen molar-refractivity contribution < 1.29 is 41.0 Å². The Labute approximate surface area is 201 Å². The summed E-state index contributed by atoms with van der Waals surface area (Å²) < 4.78 is 81.7. The van der Waals surface area contributed by atoms with Crippen molar-refractivity contribution in [3.8, 4) is 16.9 Å². The number of aliphatic carboxylic acids is 1. The molecule has 1 heterocycles. The van der Waals surface area contributed by atoms with Crippen molar-refractivity contribution in [3.05, 3.63) is 89.6 Å². The minimum absolute atomic E-state index is 0.320. The molecule has 188 valence electrons. The van der Waals surface area contributed by atoms with E-state index >= 15 is 0 Å². The molecule has 0 aliphatic rings. The topological polar surface area (TPSA) is 51.5 Å². The summed E-state index contributed by atoms with van der Waals surface area (Å²) in [5, 5.41) is 10.00. The number of carbonyl (C=O) groups is 1. The Bertz CT molecular complexity index is 1390. The molecule has 3 aromatic carbocycles. The number of nitrogens with zero attached hydrogens (tertiary/aromatic N) is 1. The molecule has 1 atom stereocenters. The van der Waals surface area contributed by atoms with Crippen LogP contribution in [-0.2, 0) is 17.5 Å². The van der Waals surface area contributed by atoms with E-state index in [2.05, 4.69) is 4.74 Å². The molecule has 1 N–H and O–H groups in total. The molecule has 36 heavy (non-hydrogen) atoms. The lowest BCUT2D eigenvalue weighted by Crippen LogP contribution is -2.16. The van der Waals surface area contributed by atoms with Crippen LogP contribution in [-0.4, -0.2) is 22.0 Å². The predicted molar refractivity (Wildman–Crippen MR) is 121 cm³/mol. The van der Waals surface area contributed by atoms with Crippen LogP contribution >= 0.6 is 0 Å². The molecule has 0 radical (unpaired) electrons. The number of alkyl halides is 6. The van der Waals surface area contributed by atoms with E-state index in [1.807, 2.05) is 0 Å². The van der Waals surface area contributed by atoms with Gasteiger partial charge in [-0.15, -0.1) is 13.2 Å². The lowest BCUT2D eigenvalue weighted by molar-refractivity contribution is -0.274. The monoisotopic (exact) mass is 507 g/mol. The molecule has 0 bridgehead atoms. The quantitative estimate of drug-likeness (QED) is 0.276. The zero-order valence-electron chi connectivity index (χ0n) is 18.7. The fourth-order valence-corrected chi connectivity index (χ4v) is 4.12. The average molecular weight is 507 g/mol. The van der Waals surface area contributed by atoms with Crippen LogP contribution in [0.1, 0.15) is 29.5 Å². The zero-order valence-corrected chi connectivity index (χ0v) is 18.7. The van der Waals surface area contributed by atoms with Gasteiger partial charge in [-0.3, -0.25) is 4.79 Å². The fraction of sp³-hybridized carbons (Fsp3) is 0.192. The van der Waals surface area contributed by atoms with E-state index in [-0.39, 0.29) is 18.2 Å². The highest BCUT2D eigenvalue weighted by Crippen LogP contribution is 2.37. The van der Waals surface area contributed by atoms with Gasteiger partial charge >= 0.3 is 18.5 Å². The fourth-order valence-electron chi connectivity index (χ4n) is 4.12. The standard InChI is InChI=1S/C26H19F6NO3/c1-15(16-2-7-19(8-3-16)25(27,28)29)22-13-33(14-24(34)35)23-11-6-18(12-21(22)23)17-4-9-20(10-5-17)36-26(30,31)32/h2-13,15H,14H2,1H3,(H,34,35). The van der Waals surface area contributed by atoms with Gasteiger partial charge in [0.15, 0.2) is 0 Å². The molecule has 4 aromatic rings. The summed E-state index contributed by atoms with van der Waals surface area (Å²) in [5.74, 6) is -1.80. The molecular weight excluding hydrogens is 488 g/mol. The third kappa shape index (κ3) is 5.48. The zero-order chi connectivity index (χ0) is 26.3. The molecule has 0 saturated heterocycles. The Morgan fingerprint density at radius 1 is 0.917 bits per heavy atom. The predicted octanol–water partition coefficient (Wildman–Crippen LogP) is 7.46. The van der Waals surface area contributed by atoms with Crippen LogP contribution in [0, 0.1) is 0 Å². The molecule has 10 heteroatoms. The van der Waals surface area contributed by atoms with Crippen LogP contribution in [0.5, 0.6) is 5.75 Å². The summed E-state index contributed by atoms with van der Waals surface area (Å²) in [6, 6.07) is 15.3. The third-order valence-electron chi connectivity index (χ3n) is 5.84. The largest absolute Gasteiger partial charge is 0.573 e. The van der Waals surface area contributed by atoms with E-state index in [1.54, 1.807) is 31.3 Å². The van der Waals surface area contributed by atoms with Gasteiger partial charge in [0.1, 0.15) is 12.3 Å². The van der Waals surface area contributed by atoms with Crippen molar-refractivity contribution in [2.45, 2.75) is 31.9 Å². The Balaban J connectivity index is 1.75. The normalized spacial score (nSPS) is 13.1. The van der Waals surface area contributed by atoms with Gasteiger partial charge in [-0.25, -0.2) is 0 Å². The second-order valence-corrected chi connectivity index (χ2v) is 8.25. The number of fused-ring (bicyclic) bond motifs is 1. The molecule has 0 aliphatic heterocycles. The van der Waals surface area contributed by atoms with E-state index in [0.29, 0.717) is 33.2 Å². The highest BCUT2D eigenvalue weighted by Gasteiger charge is 2.31. The summed E-state index contributed by atoms with van der Waals surface area (Å²) in [4.78, 5) is 11.4. The van der Waals surface area contributed by atoms with Gasteiger partial charge in [-0.05, 0) is 58.7 Å². The van der Waals surface area contributed by atoms with Crippen LogP contribution < -0.4 is 4.74 Å². The van der Waals surface area contributed by atoms with E-state index in [1.165, 1.54) is 41.0 Å². The summed E-state index contributed by atoms with van der Waals surface area (Å²) in [5.41, 5.74) is 2.40. The average Bonchev–Trinajstić information content (AvgIpc) is 3.14. The van der Waals surface area contributed by atoms with Gasteiger partial charge in [-0.1, -0.05) is 37.3 Å². The molecule has 0 spiro atoms. The molecule has 0 saturated carbocycles. The van der Waals surface area contributed by atoms with Crippen LogP contribution in [0.15, 0.2) is 72.9 Å². The number of benzene rings is 3. The molecule has 0 amide bonds. The van der Waals surface area contributed by atoms with Crippen molar-refractivity contribution >= 4 is 16.9 Å². The third-order valence-corrected chi connectivity index (χ3v) is 5.84. The SMILES string of the molecule is CC(c1ccc(C(F)(F)F)cc1)c1cn(CC(=O)O)c2ccc(-c3ccc(OC(F)(F)F)cc3)cc12. The van der Waals surface area contributed by atoms with Crippen molar-refractivity contribution in [2.24, 2.45) is 0 Å². The number of rotatable bonds is 6. The Morgan fingerprint density at radius 3 is 2.08 bits per heavy atom. The van der Waals surface area contributed by atoms with E-state index < -0.39 is 24.1 Å². The number of carboxylic acids is 1. The van der Waals surface area contributed by atoms with Gasteiger partial charge in [0.05, 0.1) is 5.56 Å². The van der Waals surface area contributed by atoms with Gasteiger partial charge in [0.25, 0.3) is 0 Å². The maximum atomic E-state index is 13.0. The first-order chi connectivity index (χ1) is 16.8. The van der Waals surface area contributed by atoms with E-state index in [9.17, 15) is 36.2 Å². The first-order valence-electron chi connectivity index (χ1n) is 10.7. The summed E-state index contributed by atoms with van der Waals surface area (Å²) in [6.45, 7) is 1.48. The molecular formula is C26H19F6NO3. The number of halogens is 6. The lowest BCUT2D eigenvalue weighted by atomic mass is 9.91. The van der Waals surface area contributed by atoms with Crippen LogP contribution in [0.2, 0.25) is 0 Å². The van der Waals surface area contributed by atoms with Crippen molar-refractivity contribution in [1.82, 2.24) is 4.57 Å². The van der Waals surface area contributed by atoms with E-state index in [4.69, 9.17) is 0 Å². The van der Waals surface area contributed by atoms with Crippen LogP contribution in [0.4, 0.5) is 26.3 Å². The molecule has 1 unspecified atom stereocenters. The first kappa shape index (κ1) is 25.2. The van der Waals surface area contributed by atoms with Crippen molar-refractivity contribution in [3.63, 3.8) is 0 Å². The Morgan fingerprint density at radius 2 is 1.53 bits per heavy atom. The number of aromatic nitrogens is 1. The number of hydrogen-bond donors (Lipinski definition) is 1. The maximum absolute atomic E-state index is 13.0. The molecule has 4 rings (SSSR count). The second kappa shape index (κ2) is 9.25. The Hall–Kier alpha value is -3.95. The van der Waals surface area contributed by atoms with Crippen molar-refractivity contribution in [2.75, 3.05) is 0 Å². The summed E-state index contributed by atoms with van der Waals surface area (Å²) in [7, 11) is 0. The number of ether oxygens (including phenoxy) is 1. The van der Waals surface area contributed by atoms with Crippen LogP contribution in [0.3, 0.4) is 0 Å². The number of carboxylic acid groups (broad SMARTS) is 1. The molecule has 0 fully saturated rings. The smallest absolute Gasteiger partial charge is 0.480 e. The Kier molecular flexibility index (Phi) is 6.46. The summed E-state index contributed by atoms with van der Waals surface area (Å²) in [6.07, 6.45) is -7.61. The van der Waals surface area contributed by atoms with Crippen molar-refractivity contribution in [1.29, 1.82) is 0 Å². The van der Waals surface area contributed by atoms with Gasteiger partial charge in [0.2, 0.25) is 0 Å². The lowest BCUT2D eigenvalue weighted by Gasteiger charge is -2.14. The van der Waals surface area contributed by atoms with E-state index in [0.717, 1.165) is 12.1 Å². The summed E-state index contributed by atoms with van der Waals surface area (Å²) >= 11 is 0. The van der Waals surface area contributed by atoms with Gasteiger partial charge in [0, 0.05) is 23.0 Å². The van der Waals surface area contributed by atoms with Crippen LogP contribution in [0.25, 0.3) is 22.0 Å². The number of hydrogen-bond acceptors (Lipinski definition) is 2. The highest BCUT2D eigenvalue weighted by atomic mass is 19.4. The van der Waals surface area contributed by atoms with Gasteiger partial charge < -0.3 is 14.4 Å². The molecule has 1 aromatic heterocycles. The highest BCUT2D eigenvalue weighted by molar-refractivity contribution is 5.90. The first-order valence-corrected chi connectivity index (χ1v) is 10.7. The second-order valence-electron chi connectivity index (χ2n) is 8.25. The molecule has 4 nitrogen and oxygen atoms in total. The minimum atomic E-state index is -4.81. The van der Waals surface area contributed by atoms with Gasteiger partial charge in [-0.2, -0.15) is 13.2 Å². The maximum Gasteiger partial charge on any atom is 0.573 e. The molecule has 0 aliphatic carbocycles. The minimum Gasteiger partial charge on any atom is -0.480 e.